The van der Waals surface area contributed by atoms with Crippen molar-refractivity contribution in [2.75, 3.05) is 13.1 Å². The van der Waals surface area contributed by atoms with E-state index in [-0.39, 0.29) is 0 Å². The number of nitrogens with zero attached hydrogens (tertiary/aromatic N) is 1. The molecule has 0 bridgehead atoms. The Kier molecular flexibility index (Phi) is 3.82. The second-order valence-electron chi connectivity index (χ2n) is 5.71. The van der Waals surface area contributed by atoms with Crippen molar-refractivity contribution in [1.29, 1.82) is 0 Å². The van der Waals surface area contributed by atoms with Crippen LogP contribution in [0, 0.1) is 5.92 Å². The molecule has 1 nitrogen and oxygen atoms in total. The van der Waals surface area contributed by atoms with Gasteiger partial charge in [-0.05, 0) is 60.5 Å². The highest BCUT2D eigenvalue weighted by atomic mass is 32.1. The minimum atomic E-state index is 0.739. The molecular formula is C15H23NS. The molecule has 0 amide bonds. The van der Waals surface area contributed by atoms with Gasteiger partial charge in [-0.15, -0.1) is 0 Å². The second kappa shape index (κ2) is 5.53. The lowest BCUT2D eigenvalue weighted by atomic mass is 9.88. The zero-order valence-corrected chi connectivity index (χ0v) is 11.4. The zero-order valence-electron chi connectivity index (χ0n) is 10.6. The first kappa shape index (κ1) is 11.7. The predicted molar refractivity (Wildman–Crippen MR) is 74.4 cm³/mol. The van der Waals surface area contributed by atoms with Crippen molar-refractivity contribution in [3.63, 3.8) is 0 Å². The molecule has 2 aliphatic rings. The summed E-state index contributed by atoms with van der Waals surface area (Å²) in [7, 11) is 0. The Morgan fingerprint density at radius 2 is 2.00 bits per heavy atom. The fourth-order valence-corrected chi connectivity index (χ4v) is 4.30. The van der Waals surface area contributed by atoms with E-state index in [4.69, 9.17) is 0 Å². The van der Waals surface area contributed by atoms with Crippen molar-refractivity contribution in [3.8, 4) is 0 Å². The Bertz CT molecular complexity index is 327. The molecule has 1 saturated carbocycles. The lowest BCUT2D eigenvalue weighted by molar-refractivity contribution is 0.188. The number of likely N-dealkylation sites (tertiary alicyclic amines) is 1. The van der Waals surface area contributed by atoms with E-state index in [1.54, 1.807) is 5.56 Å². The average molecular weight is 249 g/mol. The van der Waals surface area contributed by atoms with E-state index in [0.29, 0.717) is 0 Å². The van der Waals surface area contributed by atoms with Crippen molar-refractivity contribution in [2.24, 2.45) is 5.92 Å². The SMILES string of the molecule is c1cc([C@H]2CCCN2CC2CCCCC2)cs1. The molecule has 0 radical (unpaired) electrons. The first-order chi connectivity index (χ1) is 8.43. The van der Waals surface area contributed by atoms with Crippen LogP contribution >= 0.6 is 11.3 Å². The van der Waals surface area contributed by atoms with Crippen LogP contribution in [-0.4, -0.2) is 18.0 Å². The zero-order chi connectivity index (χ0) is 11.5. The molecule has 94 valence electrons. The van der Waals surface area contributed by atoms with E-state index in [1.165, 1.54) is 58.0 Å². The Morgan fingerprint density at radius 3 is 2.76 bits per heavy atom. The molecule has 2 fully saturated rings. The maximum atomic E-state index is 2.76. The van der Waals surface area contributed by atoms with Crippen LogP contribution in [0.15, 0.2) is 16.8 Å². The van der Waals surface area contributed by atoms with Crippen LogP contribution in [0.5, 0.6) is 0 Å². The van der Waals surface area contributed by atoms with Gasteiger partial charge in [0.05, 0.1) is 0 Å². The summed E-state index contributed by atoms with van der Waals surface area (Å²) in [4.78, 5) is 2.76. The van der Waals surface area contributed by atoms with Crippen molar-refractivity contribution < 1.29 is 0 Å². The molecule has 0 unspecified atom stereocenters. The van der Waals surface area contributed by atoms with Gasteiger partial charge in [0.15, 0.2) is 0 Å². The third-order valence-corrected chi connectivity index (χ3v) is 5.21. The highest BCUT2D eigenvalue weighted by molar-refractivity contribution is 7.07. The lowest BCUT2D eigenvalue weighted by Gasteiger charge is -2.30. The fraction of sp³-hybridized carbons (Fsp3) is 0.733. The molecule has 1 aromatic rings. The Morgan fingerprint density at radius 1 is 1.12 bits per heavy atom. The van der Waals surface area contributed by atoms with Crippen LogP contribution in [-0.2, 0) is 0 Å². The molecule has 1 aromatic heterocycles. The Labute approximate surface area is 109 Å². The maximum Gasteiger partial charge on any atom is 0.0356 e. The summed E-state index contributed by atoms with van der Waals surface area (Å²) in [6.45, 7) is 2.69. The molecule has 0 aromatic carbocycles. The van der Waals surface area contributed by atoms with E-state index in [2.05, 4.69) is 21.7 Å². The summed E-state index contributed by atoms with van der Waals surface area (Å²) in [5, 5.41) is 4.58. The lowest BCUT2D eigenvalue weighted by Crippen LogP contribution is -2.30. The van der Waals surface area contributed by atoms with Crippen molar-refractivity contribution >= 4 is 11.3 Å². The molecule has 1 saturated heterocycles. The second-order valence-corrected chi connectivity index (χ2v) is 6.49. The minimum Gasteiger partial charge on any atom is -0.296 e. The monoisotopic (exact) mass is 249 g/mol. The molecule has 3 rings (SSSR count). The number of rotatable bonds is 3. The number of thiophene rings is 1. The molecule has 1 atom stereocenters. The maximum absolute atomic E-state index is 2.76. The topological polar surface area (TPSA) is 3.24 Å². The van der Waals surface area contributed by atoms with Gasteiger partial charge >= 0.3 is 0 Å². The quantitative estimate of drug-likeness (QED) is 0.764. The van der Waals surface area contributed by atoms with Crippen molar-refractivity contribution in [3.05, 3.63) is 22.4 Å². The fourth-order valence-electron chi connectivity index (χ4n) is 3.59. The number of hydrogen-bond acceptors (Lipinski definition) is 2. The van der Waals surface area contributed by atoms with Gasteiger partial charge in [-0.25, -0.2) is 0 Å². The average Bonchev–Trinajstić information content (AvgIpc) is 3.00. The summed E-state index contributed by atoms with van der Waals surface area (Å²) in [6.07, 6.45) is 10.2. The van der Waals surface area contributed by atoms with Gasteiger partial charge in [0.25, 0.3) is 0 Å². The molecule has 2 heterocycles. The Balaban J connectivity index is 1.61. The molecule has 0 spiro atoms. The van der Waals surface area contributed by atoms with Crippen LogP contribution < -0.4 is 0 Å². The van der Waals surface area contributed by atoms with Gasteiger partial charge in [0.1, 0.15) is 0 Å². The summed E-state index contributed by atoms with van der Waals surface area (Å²) in [5.74, 6) is 0.989. The van der Waals surface area contributed by atoms with Gasteiger partial charge in [0, 0.05) is 12.6 Å². The summed E-state index contributed by atoms with van der Waals surface area (Å²) in [5.41, 5.74) is 1.57. The molecular weight excluding hydrogens is 226 g/mol. The highest BCUT2D eigenvalue weighted by Crippen LogP contribution is 2.35. The van der Waals surface area contributed by atoms with Crippen molar-refractivity contribution in [2.45, 2.75) is 51.0 Å². The van der Waals surface area contributed by atoms with E-state index in [1.807, 2.05) is 11.3 Å². The van der Waals surface area contributed by atoms with Gasteiger partial charge < -0.3 is 0 Å². The van der Waals surface area contributed by atoms with Crippen LogP contribution in [0.4, 0.5) is 0 Å². The highest BCUT2D eigenvalue weighted by Gasteiger charge is 2.28. The summed E-state index contributed by atoms with van der Waals surface area (Å²) >= 11 is 1.85. The largest absolute Gasteiger partial charge is 0.296 e. The van der Waals surface area contributed by atoms with E-state index >= 15 is 0 Å². The molecule has 2 heteroatoms. The summed E-state index contributed by atoms with van der Waals surface area (Å²) < 4.78 is 0. The van der Waals surface area contributed by atoms with Crippen LogP contribution in [0.25, 0.3) is 0 Å². The van der Waals surface area contributed by atoms with Gasteiger partial charge in [-0.3, -0.25) is 4.90 Å². The van der Waals surface area contributed by atoms with Crippen molar-refractivity contribution in [1.82, 2.24) is 4.90 Å². The van der Waals surface area contributed by atoms with Crippen LogP contribution in [0.1, 0.15) is 56.6 Å². The normalized spacial score (nSPS) is 27.6. The third-order valence-electron chi connectivity index (χ3n) is 4.51. The van der Waals surface area contributed by atoms with Crippen LogP contribution in [0.2, 0.25) is 0 Å². The molecule has 1 aliphatic carbocycles. The van der Waals surface area contributed by atoms with Gasteiger partial charge in [-0.2, -0.15) is 11.3 Å². The van der Waals surface area contributed by atoms with Gasteiger partial charge in [0.2, 0.25) is 0 Å². The minimum absolute atomic E-state index is 0.739. The smallest absolute Gasteiger partial charge is 0.0356 e. The standard InChI is InChI=1S/C15H23NS/c1-2-5-13(6-3-1)11-16-9-4-7-15(16)14-8-10-17-12-14/h8,10,12-13,15H,1-7,9,11H2/t15-/m1/s1. The molecule has 17 heavy (non-hydrogen) atoms. The molecule has 1 aliphatic heterocycles. The molecule has 0 N–H and O–H groups in total. The van der Waals surface area contributed by atoms with E-state index in [9.17, 15) is 0 Å². The van der Waals surface area contributed by atoms with Crippen LogP contribution in [0.3, 0.4) is 0 Å². The van der Waals surface area contributed by atoms with Gasteiger partial charge in [-0.1, -0.05) is 19.3 Å². The number of hydrogen-bond donors (Lipinski definition) is 0. The Hall–Kier alpha value is -0.340. The van der Waals surface area contributed by atoms with E-state index in [0.717, 1.165) is 12.0 Å². The van der Waals surface area contributed by atoms with E-state index < -0.39 is 0 Å². The third kappa shape index (κ3) is 2.74. The predicted octanol–water partition coefficient (Wildman–Crippen LogP) is 4.47. The first-order valence-corrected chi connectivity index (χ1v) is 8.14. The first-order valence-electron chi connectivity index (χ1n) is 7.19. The summed E-state index contributed by atoms with van der Waals surface area (Å²) in [6, 6.07) is 3.07.